The fourth-order valence-electron chi connectivity index (χ4n) is 7.49. The van der Waals surface area contributed by atoms with Crippen molar-refractivity contribution in [2.75, 3.05) is 22.9 Å². The number of ether oxygens (including phenoxy) is 2. The molecule has 0 aromatic heterocycles. The van der Waals surface area contributed by atoms with Crippen molar-refractivity contribution in [3.63, 3.8) is 0 Å². The number of anilines is 2. The van der Waals surface area contributed by atoms with Crippen LogP contribution in [0.15, 0.2) is 121 Å². The summed E-state index contributed by atoms with van der Waals surface area (Å²) in [5.41, 5.74) is 9.71. The van der Waals surface area contributed by atoms with Gasteiger partial charge in [0.05, 0.1) is 11.5 Å². The lowest BCUT2D eigenvalue weighted by atomic mass is 9.92. The number of carboxylic acid groups (broad SMARTS) is 2. The van der Waals surface area contributed by atoms with Crippen LogP contribution in [0.2, 0.25) is 10.0 Å². The maximum Gasteiger partial charge on any atom is 0.335 e. The predicted octanol–water partition coefficient (Wildman–Crippen LogP) is 13.1. The lowest BCUT2D eigenvalue weighted by Gasteiger charge is -2.34. The molecule has 6 aromatic rings. The van der Waals surface area contributed by atoms with Gasteiger partial charge in [-0.15, -0.1) is 0 Å². The Morgan fingerprint density at radius 3 is 1.66 bits per heavy atom. The molecule has 61 heavy (non-hydrogen) atoms. The smallest absolute Gasteiger partial charge is 0.335 e. The lowest BCUT2D eigenvalue weighted by Crippen LogP contribution is -2.38. The van der Waals surface area contributed by atoms with Crippen molar-refractivity contribution in [3.05, 3.63) is 176 Å². The Balaban J connectivity index is 0.000000204. The number of nitrogens with zero attached hydrogens (tertiary/aromatic N) is 2. The highest BCUT2D eigenvalue weighted by Gasteiger charge is 2.29. The summed E-state index contributed by atoms with van der Waals surface area (Å²) in [6.45, 7) is 15.0. The third kappa shape index (κ3) is 11.9. The Hall–Kier alpha value is -5.96. The van der Waals surface area contributed by atoms with Crippen molar-refractivity contribution in [2.24, 2.45) is 11.8 Å². The Morgan fingerprint density at radius 2 is 1.18 bits per heavy atom. The topological polar surface area (TPSA) is 99.5 Å². The highest BCUT2D eigenvalue weighted by Crippen LogP contribution is 2.33. The van der Waals surface area contributed by atoms with Crippen molar-refractivity contribution < 1.29 is 29.3 Å². The summed E-state index contributed by atoms with van der Waals surface area (Å²) in [7, 11) is 0. The number of fused-ring (bicyclic) bond motifs is 1. The number of halogens is 2. The van der Waals surface area contributed by atoms with Crippen molar-refractivity contribution >= 4 is 46.5 Å². The minimum absolute atomic E-state index is 0.294. The molecule has 6 aromatic carbocycles. The van der Waals surface area contributed by atoms with Gasteiger partial charge in [0, 0.05) is 47.6 Å². The Labute approximate surface area is 368 Å². The van der Waals surface area contributed by atoms with Gasteiger partial charge in [0.25, 0.3) is 0 Å². The molecule has 7 rings (SSSR count). The molecule has 8 nitrogen and oxygen atoms in total. The monoisotopic (exact) mass is 858 g/mol. The van der Waals surface area contributed by atoms with Crippen LogP contribution >= 0.6 is 23.2 Å². The minimum Gasteiger partial charge on any atom is -0.481 e. The maximum atomic E-state index is 11.6. The molecule has 0 bridgehead atoms. The molecule has 316 valence electrons. The second-order valence-corrected chi connectivity index (χ2v) is 16.9. The average molecular weight is 860 g/mol. The van der Waals surface area contributed by atoms with Crippen LogP contribution in [-0.2, 0) is 24.3 Å². The first-order valence-electron chi connectivity index (χ1n) is 20.3. The molecular weight excluding hydrogens is 807 g/mol. The first-order chi connectivity index (χ1) is 29.1. The van der Waals surface area contributed by atoms with Gasteiger partial charge in [0.15, 0.2) is 0 Å². The van der Waals surface area contributed by atoms with E-state index in [1.807, 2.05) is 119 Å². The predicted molar refractivity (Wildman–Crippen MR) is 246 cm³/mol. The molecule has 1 unspecified atom stereocenters. The summed E-state index contributed by atoms with van der Waals surface area (Å²) in [5.74, 6) is 1.48. The van der Waals surface area contributed by atoms with Crippen molar-refractivity contribution in [2.45, 2.75) is 61.1 Å². The van der Waals surface area contributed by atoms with E-state index in [2.05, 4.69) is 41.8 Å². The molecule has 1 aliphatic rings. The average Bonchev–Trinajstić information content (AvgIpc) is 3.23. The number of para-hydroxylation sites is 1. The summed E-state index contributed by atoms with van der Waals surface area (Å²) < 4.78 is 12.0. The van der Waals surface area contributed by atoms with Crippen molar-refractivity contribution in [1.29, 1.82) is 0 Å². The highest BCUT2D eigenvalue weighted by atomic mass is 35.5. The zero-order chi connectivity index (χ0) is 43.8. The maximum absolute atomic E-state index is 11.6. The normalized spacial score (nSPS) is 13.2. The second kappa shape index (κ2) is 20.1. The summed E-state index contributed by atoms with van der Waals surface area (Å²) in [6.07, 6.45) is 0.578. The number of carbonyl (C=O) groups is 2. The molecule has 1 atom stereocenters. The van der Waals surface area contributed by atoms with Gasteiger partial charge < -0.3 is 29.5 Å². The van der Waals surface area contributed by atoms with Crippen LogP contribution in [0.5, 0.6) is 23.0 Å². The van der Waals surface area contributed by atoms with Gasteiger partial charge in [0.2, 0.25) is 0 Å². The van der Waals surface area contributed by atoms with Crippen LogP contribution in [0.4, 0.5) is 11.4 Å². The fraction of sp³-hybridized carbons (Fsp3) is 0.255. The number of aryl methyl sites for hydroxylation is 4. The van der Waals surface area contributed by atoms with Crippen LogP contribution in [-0.4, -0.2) is 35.2 Å². The van der Waals surface area contributed by atoms with E-state index >= 15 is 0 Å². The number of hydrogen-bond donors (Lipinski definition) is 2. The molecule has 1 heterocycles. The first kappa shape index (κ1) is 44.6. The fourth-order valence-corrected chi connectivity index (χ4v) is 7.71. The Bertz CT molecular complexity index is 2420. The zero-order valence-electron chi connectivity index (χ0n) is 35.4. The van der Waals surface area contributed by atoms with E-state index in [4.69, 9.17) is 37.8 Å². The van der Waals surface area contributed by atoms with Gasteiger partial charge in [-0.2, -0.15) is 0 Å². The molecule has 0 saturated heterocycles. The SMILES string of the molecule is Cc1cc(Oc2ccc(CN(CC(C)C)c3ccc(C(=O)O)cc3)cc2)cc(C)c1Cl.Cc1cc(Oc2ccc(CN3CC(C(=O)O)Cc4ccccc43)cc2)cc(C)c1Cl. The summed E-state index contributed by atoms with van der Waals surface area (Å²) in [5, 5.41) is 20.2. The molecular formula is C51H52Cl2N2O6. The quantitative estimate of drug-likeness (QED) is 0.118. The van der Waals surface area contributed by atoms with Gasteiger partial charge in [-0.25, -0.2) is 4.79 Å². The van der Waals surface area contributed by atoms with Crippen LogP contribution in [0.3, 0.4) is 0 Å². The van der Waals surface area contributed by atoms with Crippen molar-refractivity contribution in [3.8, 4) is 23.0 Å². The van der Waals surface area contributed by atoms with E-state index in [9.17, 15) is 14.7 Å². The van der Waals surface area contributed by atoms with E-state index < -0.39 is 11.9 Å². The Morgan fingerprint density at radius 1 is 0.689 bits per heavy atom. The van der Waals surface area contributed by atoms with E-state index in [1.54, 1.807) is 12.1 Å². The zero-order valence-corrected chi connectivity index (χ0v) is 36.9. The molecule has 1 aliphatic heterocycles. The van der Waals surface area contributed by atoms with Gasteiger partial charge in [-0.05, 0) is 158 Å². The summed E-state index contributed by atoms with van der Waals surface area (Å²) in [4.78, 5) is 27.1. The third-order valence-corrected chi connectivity index (χ3v) is 11.7. The van der Waals surface area contributed by atoms with Gasteiger partial charge in [-0.1, -0.05) is 79.5 Å². The molecule has 0 aliphatic carbocycles. The van der Waals surface area contributed by atoms with Gasteiger partial charge >= 0.3 is 11.9 Å². The standard InChI is InChI=1S/C26H28ClNO3.C25H24ClNO3/c1-17(2)15-28(22-9-7-21(8-10-22)26(29)30)16-20-5-11-23(12-6-20)31-24-13-18(3)25(27)19(4)14-24;1-16-11-22(12-17(2)24(16)26)30-21-9-7-18(8-10-21)14-27-15-20(25(28)29)13-19-5-3-4-6-23(19)27/h5-14,17H,15-16H2,1-4H3,(H,29,30);3-12,20H,13-15H2,1-2H3,(H,28,29). The molecule has 0 radical (unpaired) electrons. The number of carboxylic acids is 2. The third-order valence-electron chi connectivity index (χ3n) is 10.5. The second-order valence-electron chi connectivity index (χ2n) is 16.1. The number of rotatable bonds is 13. The summed E-state index contributed by atoms with van der Waals surface area (Å²) >= 11 is 12.5. The van der Waals surface area contributed by atoms with E-state index in [0.29, 0.717) is 31.0 Å². The number of aliphatic carboxylic acids is 1. The molecule has 0 fully saturated rings. The number of benzene rings is 6. The lowest BCUT2D eigenvalue weighted by molar-refractivity contribution is -0.141. The molecule has 10 heteroatoms. The van der Waals surface area contributed by atoms with Crippen LogP contribution < -0.4 is 19.3 Å². The van der Waals surface area contributed by atoms with E-state index in [1.165, 1.54) is 0 Å². The largest absolute Gasteiger partial charge is 0.481 e. The van der Waals surface area contributed by atoms with E-state index in [-0.39, 0.29) is 5.92 Å². The highest BCUT2D eigenvalue weighted by molar-refractivity contribution is 6.32. The van der Waals surface area contributed by atoms with Crippen LogP contribution in [0.25, 0.3) is 0 Å². The van der Waals surface area contributed by atoms with Crippen LogP contribution in [0, 0.1) is 39.5 Å². The minimum atomic E-state index is -0.913. The molecule has 2 N–H and O–H groups in total. The molecule has 0 amide bonds. The van der Waals surface area contributed by atoms with Gasteiger partial charge in [0.1, 0.15) is 23.0 Å². The number of hydrogen-bond acceptors (Lipinski definition) is 6. The van der Waals surface area contributed by atoms with Crippen molar-refractivity contribution in [1.82, 2.24) is 0 Å². The Kier molecular flexibility index (Phi) is 14.7. The number of aromatic carboxylic acids is 1. The van der Waals surface area contributed by atoms with Gasteiger partial charge in [-0.3, -0.25) is 4.79 Å². The first-order valence-corrected chi connectivity index (χ1v) is 21.1. The summed E-state index contributed by atoms with van der Waals surface area (Å²) in [6, 6.07) is 38.8. The van der Waals surface area contributed by atoms with E-state index in [0.717, 1.165) is 96.5 Å². The van der Waals surface area contributed by atoms with Crippen LogP contribution in [0.1, 0.15) is 63.1 Å². The molecule has 0 spiro atoms. The molecule has 0 saturated carbocycles.